The maximum Gasteiger partial charge on any atom is 0.234 e. The first-order valence-electron chi connectivity index (χ1n) is 8.51. The zero-order valence-electron chi connectivity index (χ0n) is 15.8. The molecule has 0 radical (unpaired) electrons. The molecule has 0 atom stereocenters. The average Bonchev–Trinajstić information content (AvgIpc) is 3.01. The summed E-state index contributed by atoms with van der Waals surface area (Å²) in [6.07, 6.45) is 0. The Balaban J connectivity index is 1.66. The first-order valence-corrected chi connectivity index (χ1v) is 9.50. The summed E-state index contributed by atoms with van der Waals surface area (Å²) in [6, 6.07) is 13.8. The lowest BCUT2D eigenvalue weighted by Crippen LogP contribution is -2.15. The highest BCUT2D eigenvalue weighted by Crippen LogP contribution is 2.26. The molecule has 0 unspecified atom stereocenters. The van der Waals surface area contributed by atoms with Crippen LogP contribution in [0, 0.1) is 13.8 Å². The van der Waals surface area contributed by atoms with E-state index in [9.17, 15) is 4.79 Å². The number of hydrogen-bond donors (Lipinski definition) is 1. The molecular formula is C20H22N4O2S. The summed E-state index contributed by atoms with van der Waals surface area (Å²) < 4.78 is 7.19. The second-order valence-electron chi connectivity index (χ2n) is 6.27. The van der Waals surface area contributed by atoms with Gasteiger partial charge in [0.15, 0.2) is 11.0 Å². The predicted molar refractivity (Wildman–Crippen MR) is 108 cm³/mol. The summed E-state index contributed by atoms with van der Waals surface area (Å²) >= 11 is 1.35. The highest BCUT2D eigenvalue weighted by atomic mass is 32.2. The van der Waals surface area contributed by atoms with Gasteiger partial charge in [-0.2, -0.15) is 0 Å². The van der Waals surface area contributed by atoms with Crippen molar-refractivity contribution in [1.82, 2.24) is 14.8 Å². The quantitative estimate of drug-likeness (QED) is 0.656. The number of ether oxygens (including phenoxy) is 1. The number of anilines is 1. The molecule has 0 spiro atoms. The number of rotatable bonds is 6. The van der Waals surface area contributed by atoms with Crippen LogP contribution in [-0.4, -0.2) is 33.5 Å². The average molecular weight is 382 g/mol. The van der Waals surface area contributed by atoms with Gasteiger partial charge in [0, 0.05) is 12.6 Å². The number of nitrogens with zero attached hydrogens (tertiary/aromatic N) is 3. The molecule has 1 aromatic heterocycles. The molecule has 3 aromatic rings. The third kappa shape index (κ3) is 4.49. The van der Waals surface area contributed by atoms with E-state index in [2.05, 4.69) is 15.5 Å². The van der Waals surface area contributed by atoms with E-state index in [0.717, 1.165) is 17.0 Å². The van der Waals surface area contributed by atoms with Gasteiger partial charge in [-0.3, -0.25) is 4.79 Å². The Hall–Kier alpha value is -2.80. The van der Waals surface area contributed by atoms with Crippen LogP contribution < -0.4 is 10.1 Å². The van der Waals surface area contributed by atoms with E-state index in [4.69, 9.17) is 4.74 Å². The first-order chi connectivity index (χ1) is 13.0. The summed E-state index contributed by atoms with van der Waals surface area (Å²) in [5.74, 6) is 1.53. The van der Waals surface area contributed by atoms with E-state index in [0.29, 0.717) is 16.6 Å². The molecule has 140 valence electrons. The third-order valence-corrected chi connectivity index (χ3v) is 5.13. The zero-order chi connectivity index (χ0) is 19.4. The van der Waals surface area contributed by atoms with Gasteiger partial charge in [-0.25, -0.2) is 0 Å². The molecule has 0 fully saturated rings. The van der Waals surface area contributed by atoms with E-state index in [1.54, 1.807) is 7.11 Å². The fourth-order valence-electron chi connectivity index (χ4n) is 2.63. The molecule has 1 amide bonds. The van der Waals surface area contributed by atoms with Crippen molar-refractivity contribution in [2.24, 2.45) is 7.05 Å². The molecule has 3 rings (SSSR count). The van der Waals surface area contributed by atoms with Crippen molar-refractivity contribution >= 4 is 23.4 Å². The van der Waals surface area contributed by atoms with Crippen molar-refractivity contribution in [3.63, 3.8) is 0 Å². The fourth-order valence-corrected chi connectivity index (χ4v) is 3.34. The molecule has 1 heterocycles. The van der Waals surface area contributed by atoms with Crippen molar-refractivity contribution in [3.05, 3.63) is 53.6 Å². The number of amides is 1. The van der Waals surface area contributed by atoms with Gasteiger partial charge in [0.2, 0.25) is 5.91 Å². The summed E-state index contributed by atoms with van der Waals surface area (Å²) in [7, 11) is 3.49. The van der Waals surface area contributed by atoms with Gasteiger partial charge >= 0.3 is 0 Å². The number of aromatic nitrogens is 3. The third-order valence-electron chi connectivity index (χ3n) is 4.11. The Morgan fingerprint density at radius 3 is 2.52 bits per heavy atom. The van der Waals surface area contributed by atoms with E-state index in [-0.39, 0.29) is 11.7 Å². The van der Waals surface area contributed by atoms with Crippen molar-refractivity contribution in [2.45, 2.75) is 19.0 Å². The molecule has 0 saturated carbocycles. The normalized spacial score (nSPS) is 10.7. The molecule has 1 N–H and O–H groups in total. The summed E-state index contributed by atoms with van der Waals surface area (Å²) in [5, 5.41) is 12.1. The lowest BCUT2D eigenvalue weighted by atomic mass is 10.1. The SMILES string of the molecule is COc1ccc(C)cc1NC(=O)CSc1nnc(-c2ccc(C)cc2)n1C. The van der Waals surface area contributed by atoms with Gasteiger partial charge in [-0.1, -0.05) is 47.7 Å². The minimum absolute atomic E-state index is 0.121. The van der Waals surface area contributed by atoms with Crippen molar-refractivity contribution in [2.75, 3.05) is 18.2 Å². The van der Waals surface area contributed by atoms with Gasteiger partial charge in [-0.05, 0) is 31.5 Å². The highest BCUT2D eigenvalue weighted by Gasteiger charge is 2.14. The van der Waals surface area contributed by atoms with Crippen LogP contribution in [-0.2, 0) is 11.8 Å². The van der Waals surface area contributed by atoms with Crippen LogP contribution in [0.2, 0.25) is 0 Å². The molecule has 7 heteroatoms. The van der Waals surface area contributed by atoms with Crippen LogP contribution in [0.3, 0.4) is 0 Å². The number of methoxy groups -OCH3 is 1. The molecule has 6 nitrogen and oxygen atoms in total. The van der Waals surface area contributed by atoms with Gasteiger partial charge in [0.05, 0.1) is 18.6 Å². The van der Waals surface area contributed by atoms with Crippen LogP contribution in [0.4, 0.5) is 5.69 Å². The van der Waals surface area contributed by atoms with Crippen molar-refractivity contribution < 1.29 is 9.53 Å². The zero-order valence-corrected chi connectivity index (χ0v) is 16.6. The monoisotopic (exact) mass is 382 g/mol. The topological polar surface area (TPSA) is 69.0 Å². The van der Waals surface area contributed by atoms with Crippen LogP contribution in [0.5, 0.6) is 5.75 Å². The van der Waals surface area contributed by atoms with E-state index >= 15 is 0 Å². The molecular weight excluding hydrogens is 360 g/mol. The molecule has 2 aromatic carbocycles. The van der Waals surface area contributed by atoms with E-state index in [1.807, 2.05) is 67.9 Å². The van der Waals surface area contributed by atoms with Crippen LogP contribution in [0.25, 0.3) is 11.4 Å². The largest absolute Gasteiger partial charge is 0.495 e. The maximum absolute atomic E-state index is 12.3. The standard InChI is InChI=1S/C20H22N4O2S/c1-13-5-8-15(9-6-13)19-22-23-20(24(19)3)27-12-18(25)21-16-11-14(2)7-10-17(16)26-4/h5-11H,12H2,1-4H3,(H,21,25). The second-order valence-corrected chi connectivity index (χ2v) is 7.21. The van der Waals surface area contributed by atoms with Crippen LogP contribution in [0.1, 0.15) is 11.1 Å². The molecule has 27 heavy (non-hydrogen) atoms. The van der Waals surface area contributed by atoms with Gasteiger partial charge in [-0.15, -0.1) is 10.2 Å². The minimum Gasteiger partial charge on any atom is -0.495 e. The lowest BCUT2D eigenvalue weighted by molar-refractivity contribution is -0.113. The number of hydrogen-bond acceptors (Lipinski definition) is 5. The molecule has 0 aliphatic rings. The fraction of sp³-hybridized carbons (Fsp3) is 0.250. The number of benzene rings is 2. The number of carbonyl (C=O) groups excluding carboxylic acids is 1. The summed E-state index contributed by atoms with van der Waals surface area (Å²) in [4.78, 5) is 12.3. The van der Waals surface area contributed by atoms with Gasteiger partial charge in [0.1, 0.15) is 5.75 Å². The van der Waals surface area contributed by atoms with E-state index < -0.39 is 0 Å². The van der Waals surface area contributed by atoms with Crippen LogP contribution in [0.15, 0.2) is 47.6 Å². The summed E-state index contributed by atoms with van der Waals surface area (Å²) in [5.41, 5.74) is 3.91. The lowest BCUT2D eigenvalue weighted by Gasteiger charge is -2.11. The summed E-state index contributed by atoms with van der Waals surface area (Å²) in [6.45, 7) is 4.01. The molecule has 0 aliphatic carbocycles. The van der Waals surface area contributed by atoms with Crippen molar-refractivity contribution in [1.29, 1.82) is 0 Å². The van der Waals surface area contributed by atoms with Gasteiger partial charge < -0.3 is 14.6 Å². The predicted octanol–water partition coefficient (Wildman–Crippen LogP) is 3.84. The number of aryl methyl sites for hydroxylation is 2. The smallest absolute Gasteiger partial charge is 0.234 e. The Morgan fingerprint density at radius 1 is 1.11 bits per heavy atom. The Kier molecular flexibility index (Phi) is 5.81. The number of thioether (sulfide) groups is 1. The van der Waals surface area contributed by atoms with Gasteiger partial charge in [0.25, 0.3) is 0 Å². The first kappa shape index (κ1) is 19.0. The number of carbonyl (C=O) groups is 1. The van der Waals surface area contributed by atoms with Crippen molar-refractivity contribution in [3.8, 4) is 17.1 Å². The Morgan fingerprint density at radius 2 is 1.81 bits per heavy atom. The maximum atomic E-state index is 12.3. The highest BCUT2D eigenvalue weighted by molar-refractivity contribution is 7.99. The molecule has 0 saturated heterocycles. The Labute approximate surface area is 163 Å². The molecule has 0 aliphatic heterocycles. The number of nitrogens with one attached hydrogen (secondary N) is 1. The Bertz CT molecular complexity index is 951. The van der Waals surface area contributed by atoms with Crippen LogP contribution >= 0.6 is 11.8 Å². The second kappa shape index (κ2) is 8.26. The minimum atomic E-state index is -0.121. The van der Waals surface area contributed by atoms with E-state index in [1.165, 1.54) is 17.3 Å². The molecule has 0 bridgehead atoms.